The number of rotatable bonds is 4. The van der Waals surface area contributed by atoms with Crippen molar-refractivity contribution in [3.63, 3.8) is 0 Å². The predicted molar refractivity (Wildman–Crippen MR) is 82.9 cm³/mol. The van der Waals surface area contributed by atoms with Gasteiger partial charge >= 0.3 is 0 Å². The molecule has 20 heavy (non-hydrogen) atoms. The first-order chi connectivity index (χ1) is 9.55. The molecule has 112 valence electrons. The normalized spacial score (nSPS) is 27.4. The highest BCUT2D eigenvalue weighted by atomic mass is 16.5. The zero-order chi connectivity index (χ0) is 14.6. The Morgan fingerprint density at radius 1 is 1.30 bits per heavy atom. The van der Waals surface area contributed by atoms with Crippen LogP contribution in [0, 0.1) is 11.8 Å². The summed E-state index contributed by atoms with van der Waals surface area (Å²) in [6.45, 7) is 7.24. The van der Waals surface area contributed by atoms with Crippen molar-refractivity contribution in [3.8, 4) is 5.75 Å². The van der Waals surface area contributed by atoms with Crippen LogP contribution in [0.3, 0.4) is 0 Å². The van der Waals surface area contributed by atoms with Gasteiger partial charge in [0.1, 0.15) is 5.75 Å². The molecule has 2 rings (SSSR count). The molecule has 1 aromatic carbocycles. The smallest absolute Gasteiger partial charge is 0.119 e. The van der Waals surface area contributed by atoms with E-state index in [1.54, 1.807) is 0 Å². The summed E-state index contributed by atoms with van der Waals surface area (Å²) in [5.41, 5.74) is 0.351. The fraction of sp³-hybridized carbons (Fsp3) is 0.667. The van der Waals surface area contributed by atoms with E-state index in [-0.39, 0.29) is 0 Å². The van der Waals surface area contributed by atoms with Gasteiger partial charge in [-0.15, -0.1) is 0 Å². The second-order valence-corrected chi connectivity index (χ2v) is 6.43. The SMILES string of the molecule is CCOc1cccc(C2(O)CCCC(C(C)C)CC2)c1. The summed E-state index contributed by atoms with van der Waals surface area (Å²) in [4.78, 5) is 0. The Labute approximate surface area is 123 Å². The third kappa shape index (κ3) is 3.54. The van der Waals surface area contributed by atoms with E-state index in [4.69, 9.17) is 4.74 Å². The highest BCUT2D eigenvalue weighted by molar-refractivity contribution is 5.32. The molecule has 0 bridgehead atoms. The molecule has 0 amide bonds. The topological polar surface area (TPSA) is 29.5 Å². The third-order valence-electron chi connectivity index (χ3n) is 4.72. The monoisotopic (exact) mass is 276 g/mol. The number of aliphatic hydroxyl groups is 1. The first kappa shape index (κ1) is 15.4. The van der Waals surface area contributed by atoms with Gasteiger partial charge in [-0.25, -0.2) is 0 Å². The summed E-state index contributed by atoms with van der Waals surface area (Å²) < 4.78 is 5.56. The fourth-order valence-electron chi connectivity index (χ4n) is 3.35. The molecule has 0 heterocycles. The van der Waals surface area contributed by atoms with Gasteiger partial charge < -0.3 is 9.84 Å². The highest BCUT2D eigenvalue weighted by Gasteiger charge is 2.33. The van der Waals surface area contributed by atoms with Crippen LogP contribution in [0.5, 0.6) is 5.75 Å². The van der Waals surface area contributed by atoms with Gasteiger partial charge in [0.05, 0.1) is 12.2 Å². The van der Waals surface area contributed by atoms with Crippen molar-refractivity contribution in [2.75, 3.05) is 6.61 Å². The van der Waals surface area contributed by atoms with Crippen LogP contribution in [0.2, 0.25) is 0 Å². The number of ether oxygens (including phenoxy) is 1. The molecule has 1 fully saturated rings. The van der Waals surface area contributed by atoms with E-state index in [0.717, 1.165) is 42.9 Å². The van der Waals surface area contributed by atoms with Crippen LogP contribution in [0.4, 0.5) is 0 Å². The van der Waals surface area contributed by atoms with E-state index in [1.165, 1.54) is 6.42 Å². The van der Waals surface area contributed by atoms with E-state index < -0.39 is 5.60 Å². The molecule has 1 aromatic rings. The van der Waals surface area contributed by atoms with Crippen LogP contribution >= 0.6 is 0 Å². The van der Waals surface area contributed by atoms with Crippen molar-refractivity contribution < 1.29 is 9.84 Å². The van der Waals surface area contributed by atoms with Gasteiger partial charge in [0.25, 0.3) is 0 Å². The molecule has 2 atom stereocenters. The average Bonchev–Trinajstić information content (AvgIpc) is 2.63. The van der Waals surface area contributed by atoms with Gasteiger partial charge in [-0.1, -0.05) is 32.4 Å². The van der Waals surface area contributed by atoms with Gasteiger partial charge in [-0.2, -0.15) is 0 Å². The minimum atomic E-state index is -0.670. The van der Waals surface area contributed by atoms with Crippen LogP contribution in [0.15, 0.2) is 24.3 Å². The molecule has 0 aliphatic heterocycles. The zero-order valence-corrected chi connectivity index (χ0v) is 13.1. The van der Waals surface area contributed by atoms with E-state index in [9.17, 15) is 5.11 Å². The molecule has 0 saturated heterocycles. The molecule has 2 unspecified atom stereocenters. The summed E-state index contributed by atoms with van der Waals surface area (Å²) in [6, 6.07) is 8.00. The molecule has 1 N–H and O–H groups in total. The highest BCUT2D eigenvalue weighted by Crippen LogP contribution is 2.40. The molecule has 2 heteroatoms. The zero-order valence-electron chi connectivity index (χ0n) is 13.1. The predicted octanol–water partition coefficient (Wildman–Crippen LogP) is 4.51. The Bertz CT molecular complexity index is 427. The van der Waals surface area contributed by atoms with Gasteiger partial charge in [0.2, 0.25) is 0 Å². The van der Waals surface area contributed by atoms with Crippen LogP contribution < -0.4 is 4.74 Å². The standard InChI is InChI=1S/C18H28O2/c1-4-20-17-9-5-8-16(13-17)18(19)11-6-7-15(10-12-18)14(2)3/h5,8-9,13-15,19H,4,6-7,10-12H2,1-3H3. The lowest BCUT2D eigenvalue weighted by atomic mass is 9.84. The maximum Gasteiger partial charge on any atom is 0.119 e. The quantitative estimate of drug-likeness (QED) is 0.820. The van der Waals surface area contributed by atoms with Crippen LogP contribution in [-0.4, -0.2) is 11.7 Å². The van der Waals surface area contributed by atoms with Gasteiger partial charge in [-0.3, -0.25) is 0 Å². The van der Waals surface area contributed by atoms with Crippen LogP contribution in [0.1, 0.15) is 58.4 Å². The van der Waals surface area contributed by atoms with E-state index in [1.807, 2.05) is 31.2 Å². The minimum absolute atomic E-state index is 0.664. The largest absolute Gasteiger partial charge is 0.494 e. The molecule has 0 spiro atoms. The van der Waals surface area contributed by atoms with E-state index in [0.29, 0.717) is 12.5 Å². The molecule has 1 saturated carbocycles. The van der Waals surface area contributed by atoms with Crippen molar-refractivity contribution in [1.82, 2.24) is 0 Å². The molecule has 1 aliphatic carbocycles. The number of hydrogen-bond acceptors (Lipinski definition) is 2. The van der Waals surface area contributed by atoms with Crippen LogP contribution in [-0.2, 0) is 5.60 Å². The Kier molecular flexibility index (Phi) is 5.09. The Hall–Kier alpha value is -1.02. The van der Waals surface area contributed by atoms with Crippen molar-refractivity contribution in [2.24, 2.45) is 11.8 Å². The maximum atomic E-state index is 11.1. The Morgan fingerprint density at radius 3 is 2.80 bits per heavy atom. The van der Waals surface area contributed by atoms with Crippen molar-refractivity contribution >= 4 is 0 Å². The van der Waals surface area contributed by atoms with E-state index in [2.05, 4.69) is 13.8 Å². The summed E-state index contributed by atoms with van der Waals surface area (Å²) in [7, 11) is 0. The van der Waals surface area contributed by atoms with Gasteiger partial charge in [-0.05, 0) is 62.1 Å². The number of benzene rings is 1. The third-order valence-corrected chi connectivity index (χ3v) is 4.72. The molecule has 1 aliphatic rings. The fourth-order valence-corrected chi connectivity index (χ4v) is 3.35. The number of hydrogen-bond donors (Lipinski definition) is 1. The lowest BCUT2D eigenvalue weighted by Gasteiger charge is -2.28. The summed E-state index contributed by atoms with van der Waals surface area (Å²) in [5, 5.41) is 11.1. The summed E-state index contributed by atoms with van der Waals surface area (Å²) >= 11 is 0. The van der Waals surface area contributed by atoms with E-state index >= 15 is 0 Å². The summed E-state index contributed by atoms with van der Waals surface area (Å²) in [5.74, 6) is 2.33. The van der Waals surface area contributed by atoms with Crippen molar-refractivity contribution in [3.05, 3.63) is 29.8 Å². The molecular weight excluding hydrogens is 248 g/mol. The minimum Gasteiger partial charge on any atom is -0.494 e. The molecule has 0 radical (unpaired) electrons. The van der Waals surface area contributed by atoms with Crippen molar-refractivity contribution in [1.29, 1.82) is 0 Å². The second-order valence-electron chi connectivity index (χ2n) is 6.43. The summed E-state index contributed by atoms with van der Waals surface area (Å²) in [6.07, 6.45) is 5.20. The molecular formula is C18H28O2. The lowest BCUT2D eigenvalue weighted by molar-refractivity contribution is 0.0189. The maximum absolute atomic E-state index is 11.1. The first-order valence-electron chi connectivity index (χ1n) is 8.01. The molecule has 2 nitrogen and oxygen atoms in total. The van der Waals surface area contributed by atoms with Crippen molar-refractivity contribution in [2.45, 2.75) is 58.5 Å². The Balaban J connectivity index is 2.15. The average molecular weight is 276 g/mol. The Morgan fingerprint density at radius 2 is 2.10 bits per heavy atom. The lowest BCUT2D eigenvalue weighted by Crippen LogP contribution is -2.25. The van der Waals surface area contributed by atoms with Crippen LogP contribution in [0.25, 0.3) is 0 Å². The second kappa shape index (κ2) is 6.62. The first-order valence-corrected chi connectivity index (χ1v) is 8.01. The molecule has 0 aromatic heterocycles. The van der Waals surface area contributed by atoms with Gasteiger partial charge in [0, 0.05) is 0 Å². The van der Waals surface area contributed by atoms with Gasteiger partial charge in [0.15, 0.2) is 0 Å².